The first-order valence-corrected chi connectivity index (χ1v) is 5.58. The third-order valence-corrected chi connectivity index (χ3v) is 2.83. The number of hydrogen-bond acceptors (Lipinski definition) is 4. The fourth-order valence-electron chi connectivity index (χ4n) is 1.70. The largest absolute Gasteiger partial charge is 0.493 e. The lowest BCUT2D eigenvalue weighted by molar-refractivity contribution is 0.324. The molecule has 2 aromatic rings. The molecule has 0 spiro atoms. The van der Waals surface area contributed by atoms with Gasteiger partial charge in [-0.15, -0.1) is 0 Å². The molecule has 18 heavy (non-hydrogen) atoms. The number of H-pyrrole nitrogens is 1. The smallest absolute Gasteiger partial charge is 0.203 e. The first kappa shape index (κ1) is 12.6. The van der Waals surface area contributed by atoms with E-state index in [1.54, 1.807) is 39.7 Å². The summed E-state index contributed by atoms with van der Waals surface area (Å²) in [5, 5.41) is 7.24. The Morgan fingerprint density at radius 3 is 2.06 bits per heavy atom. The van der Waals surface area contributed by atoms with Gasteiger partial charge in [-0.25, -0.2) is 0 Å². The highest BCUT2D eigenvalue weighted by Crippen LogP contribution is 2.41. The molecule has 1 aromatic heterocycles. The van der Waals surface area contributed by atoms with Gasteiger partial charge < -0.3 is 14.2 Å². The van der Waals surface area contributed by atoms with Gasteiger partial charge in [0, 0.05) is 5.56 Å². The van der Waals surface area contributed by atoms with E-state index in [0.29, 0.717) is 28.0 Å². The van der Waals surface area contributed by atoms with Crippen LogP contribution in [0.25, 0.3) is 11.3 Å². The molecule has 1 N–H and O–H groups in total. The molecule has 0 aliphatic carbocycles. The highest BCUT2D eigenvalue weighted by atomic mass is 35.5. The summed E-state index contributed by atoms with van der Waals surface area (Å²) >= 11 is 6.03. The number of halogens is 1. The Morgan fingerprint density at radius 1 is 1.06 bits per heavy atom. The number of nitrogens with zero attached hydrogens (tertiary/aromatic N) is 1. The molecule has 0 amide bonds. The lowest BCUT2D eigenvalue weighted by Gasteiger charge is -2.13. The van der Waals surface area contributed by atoms with E-state index in [0.717, 1.165) is 5.56 Å². The standard InChI is InChI=1S/C12H13ClN2O3/c1-16-9-4-7(11-8(13)6-14-15-11)5-10(17-2)12(9)18-3/h4-6H,1-3H3,(H,14,15). The predicted molar refractivity (Wildman–Crippen MR) is 68.7 cm³/mol. The van der Waals surface area contributed by atoms with E-state index in [2.05, 4.69) is 10.2 Å². The Labute approximate surface area is 110 Å². The number of hydrogen-bond donors (Lipinski definition) is 1. The first-order chi connectivity index (χ1) is 8.71. The maximum atomic E-state index is 6.03. The van der Waals surface area contributed by atoms with Crippen molar-refractivity contribution in [3.8, 4) is 28.5 Å². The Balaban J connectivity index is 2.60. The molecule has 0 radical (unpaired) electrons. The number of rotatable bonds is 4. The normalized spacial score (nSPS) is 10.2. The van der Waals surface area contributed by atoms with E-state index in [1.807, 2.05) is 0 Å². The number of methoxy groups -OCH3 is 3. The summed E-state index contributed by atoms with van der Waals surface area (Å²) in [4.78, 5) is 0. The Kier molecular flexibility index (Phi) is 3.62. The summed E-state index contributed by atoms with van der Waals surface area (Å²) in [6, 6.07) is 3.61. The van der Waals surface area contributed by atoms with Crippen LogP contribution >= 0.6 is 11.6 Å². The van der Waals surface area contributed by atoms with Gasteiger partial charge in [-0.1, -0.05) is 11.6 Å². The maximum absolute atomic E-state index is 6.03. The topological polar surface area (TPSA) is 56.4 Å². The van der Waals surface area contributed by atoms with Crippen molar-refractivity contribution in [2.75, 3.05) is 21.3 Å². The average Bonchev–Trinajstić information content (AvgIpc) is 2.83. The number of aromatic amines is 1. The summed E-state index contributed by atoms with van der Waals surface area (Å²) in [6.07, 6.45) is 1.54. The minimum atomic E-state index is 0.532. The van der Waals surface area contributed by atoms with Crippen molar-refractivity contribution in [3.63, 3.8) is 0 Å². The van der Waals surface area contributed by atoms with Gasteiger partial charge in [0.1, 0.15) is 0 Å². The molecular weight excluding hydrogens is 256 g/mol. The summed E-state index contributed by atoms with van der Waals surface area (Å²) in [7, 11) is 4.69. The van der Waals surface area contributed by atoms with Crippen molar-refractivity contribution in [2.45, 2.75) is 0 Å². The molecule has 0 atom stereocenters. The lowest BCUT2D eigenvalue weighted by atomic mass is 10.1. The Morgan fingerprint density at radius 2 is 1.67 bits per heavy atom. The second-order valence-corrected chi connectivity index (χ2v) is 3.91. The predicted octanol–water partition coefficient (Wildman–Crippen LogP) is 2.76. The minimum absolute atomic E-state index is 0.532. The van der Waals surface area contributed by atoms with Crippen molar-refractivity contribution in [3.05, 3.63) is 23.4 Å². The molecule has 2 rings (SSSR count). The van der Waals surface area contributed by atoms with Gasteiger partial charge in [0.2, 0.25) is 5.75 Å². The van der Waals surface area contributed by atoms with Gasteiger partial charge in [-0.3, -0.25) is 5.10 Å². The molecule has 0 aliphatic rings. The number of ether oxygens (including phenoxy) is 3. The van der Waals surface area contributed by atoms with Crippen LogP contribution in [0.2, 0.25) is 5.02 Å². The van der Waals surface area contributed by atoms with E-state index < -0.39 is 0 Å². The van der Waals surface area contributed by atoms with Crippen LogP contribution in [0.1, 0.15) is 0 Å². The van der Waals surface area contributed by atoms with Crippen LogP contribution in [0.5, 0.6) is 17.2 Å². The van der Waals surface area contributed by atoms with Crippen LogP contribution in [-0.2, 0) is 0 Å². The zero-order valence-corrected chi connectivity index (χ0v) is 11.0. The zero-order valence-electron chi connectivity index (χ0n) is 10.3. The van der Waals surface area contributed by atoms with Gasteiger partial charge in [0.05, 0.1) is 38.2 Å². The molecule has 1 aromatic carbocycles. The summed E-state index contributed by atoms with van der Waals surface area (Å²) < 4.78 is 15.8. The molecule has 0 unspecified atom stereocenters. The van der Waals surface area contributed by atoms with Crippen molar-refractivity contribution < 1.29 is 14.2 Å². The molecule has 0 saturated heterocycles. The van der Waals surface area contributed by atoms with Crippen molar-refractivity contribution in [2.24, 2.45) is 0 Å². The first-order valence-electron chi connectivity index (χ1n) is 5.20. The second-order valence-electron chi connectivity index (χ2n) is 3.51. The molecular formula is C12H13ClN2O3. The second kappa shape index (κ2) is 5.18. The maximum Gasteiger partial charge on any atom is 0.203 e. The Hall–Kier alpha value is -1.88. The molecule has 0 bridgehead atoms. The van der Waals surface area contributed by atoms with Gasteiger partial charge in [0.25, 0.3) is 0 Å². The molecule has 1 heterocycles. The molecule has 0 aliphatic heterocycles. The van der Waals surface area contributed by atoms with Crippen LogP contribution in [0.4, 0.5) is 0 Å². The fraction of sp³-hybridized carbons (Fsp3) is 0.250. The van der Waals surface area contributed by atoms with Gasteiger partial charge in [0.15, 0.2) is 11.5 Å². The minimum Gasteiger partial charge on any atom is -0.493 e. The van der Waals surface area contributed by atoms with E-state index in [9.17, 15) is 0 Å². The number of aromatic nitrogens is 2. The van der Waals surface area contributed by atoms with Crippen LogP contribution < -0.4 is 14.2 Å². The molecule has 96 valence electrons. The fourth-order valence-corrected chi connectivity index (χ4v) is 1.90. The number of benzene rings is 1. The molecule has 5 nitrogen and oxygen atoms in total. The Bertz CT molecular complexity index is 529. The summed E-state index contributed by atoms with van der Waals surface area (Å²) in [6.45, 7) is 0. The van der Waals surface area contributed by atoms with Crippen LogP contribution in [0.15, 0.2) is 18.3 Å². The molecule has 0 fully saturated rings. The van der Waals surface area contributed by atoms with Crippen molar-refractivity contribution in [1.82, 2.24) is 10.2 Å². The number of nitrogens with one attached hydrogen (secondary N) is 1. The monoisotopic (exact) mass is 268 g/mol. The zero-order chi connectivity index (χ0) is 13.1. The highest BCUT2D eigenvalue weighted by Gasteiger charge is 2.16. The summed E-state index contributed by atoms with van der Waals surface area (Å²) in [5.74, 6) is 1.68. The van der Waals surface area contributed by atoms with E-state index >= 15 is 0 Å². The van der Waals surface area contributed by atoms with E-state index in [-0.39, 0.29) is 0 Å². The average molecular weight is 269 g/mol. The quantitative estimate of drug-likeness (QED) is 0.926. The summed E-state index contributed by atoms with van der Waals surface area (Å²) in [5.41, 5.74) is 1.52. The van der Waals surface area contributed by atoms with E-state index in [4.69, 9.17) is 25.8 Å². The van der Waals surface area contributed by atoms with Crippen molar-refractivity contribution in [1.29, 1.82) is 0 Å². The SMILES string of the molecule is COc1cc(-c2[nH]ncc2Cl)cc(OC)c1OC. The molecule has 6 heteroatoms. The molecule has 0 saturated carbocycles. The van der Waals surface area contributed by atoms with Crippen LogP contribution in [0.3, 0.4) is 0 Å². The van der Waals surface area contributed by atoms with Gasteiger partial charge >= 0.3 is 0 Å². The van der Waals surface area contributed by atoms with E-state index in [1.165, 1.54) is 0 Å². The highest BCUT2D eigenvalue weighted by molar-refractivity contribution is 6.32. The van der Waals surface area contributed by atoms with Gasteiger partial charge in [-0.05, 0) is 12.1 Å². The van der Waals surface area contributed by atoms with Crippen LogP contribution in [-0.4, -0.2) is 31.5 Å². The van der Waals surface area contributed by atoms with Crippen molar-refractivity contribution >= 4 is 11.6 Å². The third kappa shape index (κ3) is 2.09. The van der Waals surface area contributed by atoms with Crippen LogP contribution in [0, 0.1) is 0 Å². The van der Waals surface area contributed by atoms with Gasteiger partial charge in [-0.2, -0.15) is 5.10 Å². The third-order valence-electron chi connectivity index (χ3n) is 2.55. The lowest BCUT2D eigenvalue weighted by Crippen LogP contribution is -1.95.